The average molecular weight is 176 g/mol. The number of thioether (sulfide) groups is 1. The molecule has 0 rings (SSSR count). The minimum Gasteiger partial charge on any atom is -0.465 e. The Labute approximate surface area is 72.7 Å². The van der Waals surface area contributed by atoms with Gasteiger partial charge in [0.15, 0.2) is 0 Å². The van der Waals surface area contributed by atoms with Crippen LogP contribution >= 0.6 is 11.8 Å². The Bertz CT molecular complexity index is 130. The van der Waals surface area contributed by atoms with Crippen LogP contribution in [0.25, 0.3) is 0 Å². The first-order chi connectivity index (χ1) is 5.10. The summed E-state index contributed by atoms with van der Waals surface area (Å²) < 4.78 is 4.58. The van der Waals surface area contributed by atoms with Crippen LogP contribution < -0.4 is 0 Å². The molecule has 0 saturated heterocycles. The van der Waals surface area contributed by atoms with Crippen molar-refractivity contribution in [2.75, 3.05) is 12.9 Å². The van der Waals surface area contributed by atoms with Crippen LogP contribution in [0, 0.1) is 0 Å². The van der Waals surface area contributed by atoms with Gasteiger partial charge in [0.25, 0.3) is 0 Å². The second kappa shape index (κ2) is 4.65. The summed E-state index contributed by atoms with van der Waals surface area (Å²) in [4.78, 5) is 11.3. The lowest BCUT2D eigenvalue weighted by Crippen LogP contribution is -2.32. The van der Waals surface area contributed by atoms with E-state index in [-0.39, 0.29) is 10.7 Å². The standard InChI is InChI=1S/C8H16O2S/c1-5-8(3,11-4)7(9)10-6-2/h5-6H2,1-4H3. The maximum absolute atomic E-state index is 11.3. The summed E-state index contributed by atoms with van der Waals surface area (Å²) >= 11 is 1.55. The van der Waals surface area contributed by atoms with Gasteiger partial charge in [-0.25, -0.2) is 0 Å². The molecule has 11 heavy (non-hydrogen) atoms. The van der Waals surface area contributed by atoms with E-state index in [9.17, 15) is 4.79 Å². The van der Waals surface area contributed by atoms with Crippen LogP contribution in [0.2, 0.25) is 0 Å². The van der Waals surface area contributed by atoms with Gasteiger partial charge in [0.05, 0.1) is 6.61 Å². The highest BCUT2D eigenvalue weighted by Crippen LogP contribution is 2.27. The molecule has 0 N–H and O–H groups in total. The van der Waals surface area contributed by atoms with Crippen molar-refractivity contribution in [3.63, 3.8) is 0 Å². The quantitative estimate of drug-likeness (QED) is 0.613. The summed E-state index contributed by atoms with van der Waals surface area (Å²) in [6, 6.07) is 0. The lowest BCUT2D eigenvalue weighted by atomic mass is 10.1. The number of hydrogen-bond acceptors (Lipinski definition) is 3. The molecule has 0 bridgehead atoms. The van der Waals surface area contributed by atoms with E-state index in [1.54, 1.807) is 11.8 Å². The van der Waals surface area contributed by atoms with Crippen LogP contribution in [0.3, 0.4) is 0 Å². The van der Waals surface area contributed by atoms with Crippen molar-refractivity contribution in [3.05, 3.63) is 0 Å². The minimum atomic E-state index is -0.351. The first-order valence-electron chi connectivity index (χ1n) is 3.83. The Balaban J connectivity index is 4.12. The molecule has 0 heterocycles. The van der Waals surface area contributed by atoms with Crippen LogP contribution in [0.5, 0.6) is 0 Å². The maximum Gasteiger partial charge on any atom is 0.321 e. The number of rotatable bonds is 4. The van der Waals surface area contributed by atoms with Gasteiger partial charge in [-0.05, 0) is 26.5 Å². The zero-order valence-corrected chi connectivity index (χ0v) is 8.46. The fourth-order valence-electron chi connectivity index (χ4n) is 0.656. The summed E-state index contributed by atoms with van der Waals surface area (Å²) in [7, 11) is 0. The van der Waals surface area contributed by atoms with Gasteiger partial charge in [-0.15, -0.1) is 11.8 Å². The molecule has 0 aromatic carbocycles. The molecular formula is C8H16O2S. The maximum atomic E-state index is 11.3. The van der Waals surface area contributed by atoms with Crippen LogP contribution in [-0.4, -0.2) is 23.6 Å². The molecule has 3 heteroatoms. The Morgan fingerprint density at radius 3 is 2.36 bits per heavy atom. The van der Waals surface area contributed by atoms with E-state index in [4.69, 9.17) is 4.74 Å². The largest absolute Gasteiger partial charge is 0.465 e. The summed E-state index contributed by atoms with van der Waals surface area (Å²) in [6.07, 6.45) is 2.74. The van der Waals surface area contributed by atoms with Crippen LogP contribution in [-0.2, 0) is 9.53 Å². The molecule has 0 spiro atoms. The third-order valence-electron chi connectivity index (χ3n) is 1.83. The molecule has 0 aromatic heterocycles. The molecule has 66 valence electrons. The Kier molecular flexibility index (Phi) is 4.57. The highest BCUT2D eigenvalue weighted by Gasteiger charge is 2.31. The molecule has 0 fully saturated rings. The van der Waals surface area contributed by atoms with Gasteiger partial charge in [-0.3, -0.25) is 4.79 Å². The fourth-order valence-corrected chi connectivity index (χ4v) is 1.17. The predicted octanol–water partition coefficient (Wildman–Crippen LogP) is 2.08. The predicted molar refractivity (Wildman–Crippen MR) is 48.8 cm³/mol. The summed E-state index contributed by atoms with van der Waals surface area (Å²) in [5.74, 6) is -0.102. The van der Waals surface area contributed by atoms with E-state index in [2.05, 4.69) is 0 Å². The summed E-state index contributed by atoms with van der Waals surface area (Å²) in [5, 5.41) is 0. The van der Waals surface area contributed by atoms with E-state index in [1.807, 2.05) is 27.0 Å². The number of carbonyl (C=O) groups excluding carboxylic acids is 1. The van der Waals surface area contributed by atoms with E-state index in [0.717, 1.165) is 6.42 Å². The number of ether oxygens (including phenoxy) is 1. The Morgan fingerprint density at radius 1 is 1.55 bits per heavy atom. The third kappa shape index (κ3) is 2.73. The lowest BCUT2D eigenvalue weighted by Gasteiger charge is -2.22. The molecule has 0 aliphatic heterocycles. The van der Waals surface area contributed by atoms with Gasteiger partial charge in [-0.2, -0.15) is 0 Å². The number of carbonyl (C=O) groups is 1. The second-order valence-corrected chi connectivity index (χ2v) is 3.82. The topological polar surface area (TPSA) is 26.3 Å². The zero-order chi connectivity index (χ0) is 8.91. The van der Waals surface area contributed by atoms with Crippen molar-refractivity contribution >= 4 is 17.7 Å². The zero-order valence-electron chi connectivity index (χ0n) is 7.64. The molecule has 0 radical (unpaired) electrons. The smallest absolute Gasteiger partial charge is 0.321 e. The van der Waals surface area contributed by atoms with Gasteiger partial charge in [0.2, 0.25) is 0 Å². The lowest BCUT2D eigenvalue weighted by molar-refractivity contribution is -0.145. The normalized spacial score (nSPS) is 15.6. The highest BCUT2D eigenvalue weighted by atomic mass is 32.2. The molecule has 1 unspecified atom stereocenters. The van der Waals surface area contributed by atoms with Crippen LogP contribution in [0.15, 0.2) is 0 Å². The van der Waals surface area contributed by atoms with Crippen molar-refractivity contribution in [1.29, 1.82) is 0 Å². The molecular weight excluding hydrogens is 160 g/mol. The van der Waals surface area contributed by atoms with Crippen molar-refractivity contribution in [2.24, 2.45) is 0 Å². The number of esters is 1. The SMILES string of the molecule is CCOC(=O)C(C)(CC)SC. The van der Waals surface area contributed by atoms with Gasteiger partial charge in [-0.1, -0.05) is 6.92 Å². The monoisotopic (exact) mass is 176 g/mol. The molecule has 2 nitrogen and oxygen atoms in total. The molecule has 0 aliphatic rings. The van der Waals surface area contributed by atoms with Crippen LogP contribution in [0.1, 0.15) is 27.2 Å². The van der Waals surface area contributed by atoms with E-state index in [1.165, 1.54) is 0 Å². The van der Waals surface area contributed by atoms with Gasteiger partial charge < -0.3 is 4.74 Å². The summed E-state index contributed by atoms with van der Waals surface area (Å²) in [6.45, 7) is 6.20. The molecule has 0 aliphatic carbocycles. The van der Waals surface area contributed by atoms with E-state index in [0.29, 0.717) is 6.61 Å². The molecule has 0 aromatic rings. The van der Waals surface area contributed by atoms with E-state index >= 15 is 0 Å². The average Bonchev–Trinajstić information content (AvgIpc) is 2.03. The number of hydrogen-bond donors (Lipinski definition) is 0. The van der Waals surface area contributed by atoms with Crippen molar-refractivity contribution in [2.45, 2.75) is 31.9 Å². The molecule has 0 saturated carbocycles. The molecule has 1 atom stereocenters. The van der Waals surface area contributed by atoms with Gasteiger partial charge >= 0.3 is 5.97 Å². The van der Waals surface area contributed by atoms with Crippen molar-refractivity contribution in [3.8, 4) is 0 Å². The Hall–Kier alpha value is -0.180. The second-order valence-electron chi connectivity index (χ2n) is 2.51. The first-order valence-corrected chi connectivity index (χ1v) is 5.05. The van der Waals surface area contributed by atoms with Crippen molar-refractivity contribution in [1.82, 2.24) is 0 Å². The highest BCUT2D eigenvalue weighted by molar-refractivity contribution is 8.00. The van der Waals surface area contributed by atoms with Gasteiger partial charge in [0.1, 0.15) is 4.75 Å². The third-order valence-corrected chi connectivity index (χ3v) is 3.19. The van der Waals surface area contributed by atoms with Crippen molar-refractivity contribution < 1.29 is 9.53 Å². The first kappa shape index (κ1) is 10.8. The van der Waals surface area contributed by atoms with E-state index < -0.39 is 0 Å². The van der Waals surface area contributed by atoms with Crippen LogP contribution in [0.4, 0.5) is 0 Å². The minimum absolute atomic E-state index is 0.102. The Morgan fingerprint density at radius 2 is 2.09 bits per heavy atom. The van der Waals surface area contributed by atoms with Gasteiger partial charge in [0, 0.05) is 0 Å². The summed E-state index contributed by atoms with van der Waals surface area (Å²) in [5.41, 5.74) is 0. The molecule has 0 amide bonds. The fraction of sp³-hybridized carbons (Fsp3) is 0.875.